The fourth-order valence-electron chi connectivity index (χ4n) is 2.02. The molecule has 1 atom stereocenters. The number of hydrogen-bond donors (Lipinski definition) is 0. The van der Waals surface area contributed by atoms with Crippen LogP contribution in [0.1, 0.15) is 46.6 Å². The Balaban J connectivity index is 3.16. The van der Waals surface area contributed by atoms with Gasteiger partial charge in [-0.05, 0) is 48.8 Å². The summed E-state index contributed by atoms with van der Waals surface area (Å²) in [5, 5.41) is 0.874. The van der Waals surface area contributed by atoms with Crippen molar-refractivity contribution < 1.29 is 4.43 Å². The Labute approximate surface area is 154 Å². The summed E-state index contributed by atoms with van der Waals surface area (Å²) in [5.74, 6) is 6.65. The van der Waals surface area contributed by atoms with E-state index in [1.165, 1.54) is 0 Å². The number of rotatable bonds is 5. The fourth-order valence-corrected chi connectivity index (χ4v) is 3.46. The first kappa shape index (κ1) is 21.0. The van der Waals surface area contributed by atoms with Gasteiger partial charge in [0.2, 0.25) is 0 Å². The lowest BCUT2D eigenvalue weighted by atomic mass is 9.83. The molecule has 1 aromatic carbocycles. The van der Waals surface area contributed by atoms with Crippen molar-refractivity contribution in [1.82, 2.24) is 0 Å². The Morgan fingerprint density at radius 2 is 1.71 bits per heavy atom. The molecule has 0 aliphatic carbocycles. The molecule has 0 amide bonds. The van der Waals surface area contributed by atoms with Crippen LogP contribution in [0.5, 0.6) is 0 Å². The molecule has 1 unspecified atom stereocenters. The Kier molecular flexibility index (Phi) is 6.93. The van der Waals surface area contributed by atoms with E-state index in [0.29, 0.717) is 0 Å². The van der Waals surface area contributed by atoms with Gasteiger partial charge in [-0.25, -0.2) is 0 Å². The molecule has 0 heterocycles. The van der Waals surface area contributed by atoms with Crippen molar-refractivity contribution in [3.8, 4) is 11.8 Å². The largest absolute Gasteiger partial charge is 0.403 e. The molecule has 0 radical (unpaired) electrons. The zero-order valence-electron chi connectivity index (χ0n) is 16.2. The third-order valence-corrected chi connectivity index (χ3v) is 9.48. The van der Waals surface area contributed by atoms with Crippen molar-refractivity contribution in [3.63, 3.8) is 0 Å². The Bertz CT molecular complexity index is 612. The first-order valence-corrected chi connectivity index (χ1v) is 11.7. The minimum atomic E-state index is -1.91. The third-order valence-electron chi connectivity index (χ3n) is 4.79. The van der Waals surface area contributed by atoms with Gasteiger partial charge < -0.3 is 4.43 Å². The van der Waals surface area contributed by atoms with Gasteiger partial charge in [-0.15, -0.1) is 6.58 Å². The highest BCUT2D eigenvalue weighted by Crippen LogP contribution is 2.40. The SMILES string of the molecule is C=CCC(C)(C)C(C#Cc1ccc(Cl)cc1)O[Si](C)(C)C(C)(C)C. The number of hydrogen-bond acceptors (Lipinski definition) is 1. The molecule has 0 N–H and O–H groups in total. The van der Waals surface area contributed by atoms with Crippen molar-refractivity contribution in [3.05, 3.63) is 47.5 Å². The first-order chi connectivity index (χ1) is 10.9. The summed E-state index contributed by atoms with van der Waals surface area (Å²) in [4.78, 5) is 0. The molecule has 24 heavy (non-hydrogen) atoms. The molecule has 1 rings (SSSR count). The summed E-state index contributed by atoms with van der Waals surface area (Å²) in [7, 11) is -1.91. The zero-order chi connectivity index (χ0) is 18.6. The second-order valence-electron chi connectivity index (χ2n) is 8.52. The maximum atomic E-state index is 6.66. The monoisotopic (exact) mass is 362 g/mol. The average Bonchev–Trinajstić information content (AvgIpc) is 2.43. The van der Waals surface area contributed by atoms with Gasteiger partial charge in [-0.3, -0.25) is 0 Å². The maximum absolute atomic E-state index is 6.66. The van der Waals surface area contributed by atoms with Crippen LogP contribution in [0.2, 0.25) is 23.2 Å². The summed E-state index contributed by atoms with van der Waals surface area (Å²) >= 11 is 5.95. The van der Waals surface area contributed by atoms with Crippen molar-refractivity contribution in [2.75, 3.05) is 0 Å². The van der Waals surface area contributed by atoms with Crippen LogP contribution in [-0.2, 0) is 4.43 Å². The molecule has 0 aliphatic rings. The number of allylic oxidation sites excluding steroid dienone is 1. The minimum absolute atomic E-state index is 0.0866. The smallest absolute Gasteiger partial charge is 0.193 e. The molecule has 0 aliphatic heterocycles. The fraction of sp³-hybridized carbons (Fsp3) is 0.524. The molecule has 0 spiro atoms. The maximum Gasteiger partial charge on any atom is 0.193 e. The summed E-state index contributed by atoms with van der Waals surface area (Å²) < 4.78 is 6.66. The second kappa shape index (κ2) is 7.91. The minimum Gasteiger partial charge on any atom is -0.403 e. The normalized spacial score (nSPS) is 13.8. The first-order valence-electron chi connectivity index (χ1n) is 8.45. The van der Waals surface area contributed by atoms with Crippen LogP contribution < -0.4 is 0 Å². The molecule has 0 fully saturated rings. The van der Waals surface area contributed by atoms with Crippen LogP contribution in [0.3, 0.4) is 0 Å². The van der Waals surface area contributed by atoms with E-state index in [1.807, 2.05) is 30.3 Å². The van der Waals surface area contributed by atoms with Gasteiger partial charge >= 0.3 is 0 Å². The molecule has 0 saturated heterocycles. The Morgan fingerprint density at radius 3 is 2.17 bits per heavy atom. The zero-order valence-corrected chi connectivity index (χ0v) is 17.9. The van der Waals surface area contributed by atoms with E-state index >= 15 is 0 Å². The van der Waals surface area contributed by atoms with Crippen molar-refractivity contribution in [2.45, 2.75) is 65.3 Å². The molecule has 0 aromatic heterocycles. The number of benzene rings is 1. The van der Waals surface area contributed by atoms with Gasteiger partial charge in [0.05, 0.1) is 0 Å². The van der Waals surface area contributed by atoms with E-state index in [-0.39, 0.29) is 16.6 Å². The van der Waals surface area contributed by atoms with E-state index in [0.717, 1.165) is 17.0 Å². The molecule has 0 saturated carbocycles. The van der Waals surface area contributed by atoms with E-state index in [4.69, 9.17) is 16.0 Å². The predicted octanol–water partition coefficient (Wildman–Crippen LogP) is 6.68. The van der Waals surface area contributed by atoms with Gasteiger partial charge in [0.1, 0.15) is 6.10 Å². The van der Waals surface area contributed by atoms with Crippen molar-refractivity contribution >= 4 is 19.9 Å². The summed E-state index contributed by atoms with van der Waals surface area (Å²) in [6.07, 6.45) is 2.68. The van der Waals surface area contributed by atoms with Gasteiger partial charge in [-0.1, -0.05) is 64.1 Å². The lowest BCUT2D eigenvalue weighted by Crippen LogP contribution is -2.47. The highest BCUT2D eigenvalue weighted by atomic mass is 35.5. The van der Waals surface area contributed by atoms with Crippen LogP contribution >= 0.6 is 11.6 Å². The van der Waals surface area contributed by atoms with Gasteiger partial charge in [0.25, 0.3) is 0 Å². The van der Waals surface area contributed by atoms with Crippen LogP contribution in [0.15, 0.2) is 36.9 Å². The quantitative estimate of drug-likeness (QED) is 0.322. The van der Waals surface area contributed by atoms with Gasteiger partial charge in [0.15, 0.2) is 8.32 Å². The topological polar surface area (TPSA) is 9.23 Å². The molecule has 1 nitrogen and oxygen atoms in total. The van der Waals surface area contributed by atoms with Gasteiger partial charge in [0, 0.05) is 16.0 Å². The lowest BCUT2D eigenvalue weighted by molar-refractivity contribution is 0.109. The van der Waals surface area contributed by atoms with Crippen LogP contribution in [0.25, 0.3) is 0 Å². The molecular formula is C21H31ClOSi. The average molecular weight is 363 g/mol. The molecule has 0 bridgehead atoms. The Hall–Kier alpha value is -1.01. The van der Waals surface area contributed by atoms with Gasteiger partial charge in [-0.2, -0.15) is 0 Å². The standard InChI is InChI=1S/C21H31ClOSi/c1-9-16-21(5,6)19(23-24(7,8)20(2,3)4)15-12-17-10-13-18(22)14-11-17/h9-11,13-14,19H,1,16H2,2-8H3. The molecule has 1 aromatic rings. The van der Waals surface area contributed by atoms with Crippen molar-refractivity contribution in [1.29, 1.82) is 0 Å². The highest BCUT2D eigenvalue weighted by Gasteiger charge is 2.42. The van der Waals surface area contributed by atoms with Crippen LogP contribution in [-0.4, -0.2) is 14.4 Å². The van der Waals surface area contributed by atoms with Crippen LogP contribution in [0, 0.1) is 17.3 Å². The van der Waals surface area contributed by atoms with E-state index < -0.39 is 8.32 Å². The van der Waals surface area contributed by atoms with Crippen LogP contribution in [0.4, 0.5) is 0 Å². The predicted molar refractivity (Wildman–Crippen MR) is 109 cm³/mol. The summed E-state index contributed by atoms with van der Waals surface area (Å²) in [5.41, 5.74) is 0.870. The lowest BCUT2D eigenvalue weighted by Gasteiger charge is -2.42. The Morgan fingerprint density at radius 1 is 1.17 bits per heavy atom. The molecule has 132 valence electrons. The van der Waals surface area contributed by atoms with E-state index in [9.17, 15) is 0 Å². The molecular weight excluding hydrogens is 332 g/mol. The molecule has 3 heteroatoms. The van der Waals surface area contributed by atoms with E-state index in [1.54, 1.807) is 0 Å². The highest BCUT2D eigenvalue weighted by molar-refractivity contribution is 6.74. The summed E-state index contributed by atoms with van der Waals surface area (Å²) in [6, 6.07) is 7.62. The van der Waals surface area contributed by atoms with E-state index in [2.05, 4.69) is 66.1 Å². The van der Waals surface area contributed by atoms with Crippen molar-refractivity contribution in [2.24, 2.45) is 5.41 Å². The number of halogens is 1. The third kappa shape index (κ3) is 5.81. The summed E-state index contributed by atoms with van der Waals surface area (Å²) in [6.45, 7) is 19.6. The second-order valence-corrected chi connectivity index (χ2v) is 13.7.